The van der Waals surface area contributed by atoms with Crippen LogP contribution in [0.4, 0.5) is 14.5 Å². The molecule has 0 bridgehead atoms. The Morgan fingerprint density at radius 2 is 1.36 bits per heavy atom. The van der Waals surface area contributed by atoms with Gasteiger partial charge in [0.25, 0.3) is 5.69 Å². The minimum Gasteiger partial charge on any atom is -0.284 e. The van der Waals surface area contributed by atoms with Gasteiger partial charge in [-0.1, -0.05) is 66.5 Å². The molecule has 1 aliphatic rings. The quantitative estimate of drug-likeness (QED) is 0.166. The third kappa shape index (κ3) is 5.88. The number of rotatable bonds is 7. The number of nitro groups is 1. The normalized spacial score (nSPS) is 14.3. The Balaban J connectivity index is 1.56. The minimum atomic E-state index is -0.675. The second kappa shape index (κ2) is 11.3. The van der Waals surface area contributed by atoms with Crippen molar-refractivity contribution in [2.45, 2.75) is 18.9 Å². The molecule has 0 saturated carbocycles. The van der Waals surface area contributed by atoms with E-state index in [-0.39, 0.29) is 17.6 Å². The summed E-state index contributed by atoms with van der Waals surface area (Å²) in [5.41, 5.74) is 4.95. The number of non-ortho nitro benzene ring substituents is 1. The topological polar surface area (TPSA) is 46.4 Å². The van der Waals surface area contributed by atoms with Crippen LogP contribution in [0.25, 0.3) is 5.57 Å². The summed E-state index contributed by atoms with van der Waals surface area (Å²) in [6.45, 7) is 2.99. The van der Waals surface area contributed by atoms with Crippen LogP contribution in [0, 0.1) is 21.7 Å². The molecule has 0 aromatic heterocycles. The highest BCUT2D eigenvalue weighted by molar-refractivity contribution is 6.30. The standard InChI is InChI=1S/C31H24Cl2F2N2O2/c1-19(22-3-2-4-29(15-22)37(38)39)30(23-13-27(34)16-28(35)14-23)24-17-36(18-24)31(20-5-9-25(32)10-6-20)21-7-11-26(33)12-8-21/h2-16,19,31H,17-18H2,1H3. The highest BCUT2D eigenvalue weighted by atomic mass is 35.5. The Kier molecular flexibility index (Phi) is 7.80. The highest BCUT2D eigenvalue weighted by Gasteiger charge is 2.34. The van der Waals surface area contributed by atoms with Crippen molar-refractivity contribution in [3.05, 3.63) is 151 Å². The van der Waals surface area contributed by atoms with Gasteiger partial charge in [-0.25, -0.2) is 8.78 Å². The van der Waals surface area contributed by atoms with E-state index < -0.39 is 16.6 Å². The molecule has 4 nitrogen and oxygen atoms in total. The van der Waals surface area contributed by atoms with Gasteiger partial charge in [-0.2, -0.15) is 0 Å². The fraction of sp³-hybridized carbons (Fsp3) is 0.161. The molecule has 0 radical (unpaired) electrons. The van der Waals surface area contributed by atoms with Crippen molar-refractivity contribution in [3.8, 4) is 0 Å². The maximum atomic E-state index is 14.3. The van der Waals surface area contributed by atoms with E-state index in [4.69, 9.17) is 23.2 Å². The maximum absolute atomic E-state index is 14.3. The summed E-state index contributed by atoms with van der Waals surface area (Å²) in [6, 6.07) is 25.1. The molecule has 8 heteroatoms. The predicted molar refractivity (Wildman–Crippen MR) is 151 cm³/mol. The van der Waals surface area contributed by atoms with Crippen molar-refractivity contribution in [2.24, 2.45) is 0 Å². The van der Waals surface area contributed by atoms with E-state index in [1.807, 2.05) is 55.5 Å². The lowest BCUT2D eigenvalue weighted by Crippen LogP contribution is -2.44. The number of halogens is 4. The van der Waals surface area contributed by atoms with Gasteiger partial charge in [-0.3, -0.25) is 15.0 Å². The van der Waals surface area contributed by atoms with E-state index >= 15 is 0 Å². The van der Waals surface area contributed by atoms with Crippen molar-refractivity contribution in [3.63, 3.8) is 0 Å². The second-order valence-electron chi connectivity index (χ2n) is 9.66. The van der Waals surface area contributed by atoms with Gasteiger partial charge in [0.15, 0.2) is 0 Å². The lowest BCUT2D eigenvalue weighted by atomic mass is 9.81. The van der Waals surface area contributed by atoms with Crippen molar-refractivity contribution >= 4 is 34.5 Å². The van der Waals surface area contributed by atoms with Gasteiger partial charge in [-0.15, -0.1) is 0 Å². The van der Waals surface area contributed by atoms with E-state index in [1.165, 1.54) is 24.3 Å². The van der Waals surface area contributed by atoms with Crippen LogP contribution in [-0.2, 0) is 0 Å². The van der Waals surface area contributed by atoms with Crippen molar-refractivity contribution in [1.29, 1.82) is 0 Å². The summed E-state index contributed by atoms with van der Waals surface area (Å²) >= 11 is 12.3. The number of hydrogen-bond donors (Lipinski definition) is 0. The molecular weight excluding hydrogens is 541 g/mol. The summed E-state index contributed by atoms with van der Waals surface area (Å²) in [7, 11) is 0. The molecule has 1 saturated heterocycles. The number of allylic oxidation sites excluding steroid dienone is 1. The Hall–Kier alpha value is -3.58. The van der Waals surface area contributed by atoms with Crippen LogP contribution < -0.4 is 0 Å². The molecule has 5 rings (SSSR count). The van der Waals surface area contributed by atoms with Gasteiger partial charge in [0.05, 0.1) is 11.0 Å². The molecule has 1 heterocycles. The first kappa shape index (κ1) is 27.0. The maximum Gasteiger partial charge on any atom is 0.269 e. The number of nitrogens with zero attached hydrogens (tertiary/aromatic N) is 2. The molecular formula is C31H24Cl2F2N2O2. The number of benzene rings is 4. The van der Waals surface area contributed by atoms with E-state index in [1.54, 1.807) is 12.1 Å². The lowest BCUT2D eigenvalue weighted by Gasteiger charge is -2.43. The third-order valence-electron chi connectivity index (χ3n) is 7.09. The van der Waals surface area contributed by atoms with Crippen LogP contribution in [0.1, 0.15) is 41.1 Å². The van der Waals surface area contributed by atoms with Crippen molar-refractivity contribution in [2.75, 3.05) is 13.1 Å². The van der Waals surface area contributed by atoms with Gasteiger partial charge in [0.1, 0.15) is 11.6 Å². The van der Waals surface area contributed by atoms with E-state index in [0.717, 1.165) is 28.3 Å². The van der Waals surface area contributed by atoms with Crippen LogP contribution in [0.5, 0.6) is 0 Å². The van der Waals surface area contributed by atoms with Crippen molar-refractivity contribution < 1.29 is 13.7 Å². The fourth-order valence-electron chi connectivity index (χ4n) is 5.25. The van der Waals surface area contributed by atoms with Crippen molar-refractivity contribution in [1.82, 2.24) is 4.90 Å². The molecule has 1 atom stereocenters. The monoisotopic (exact) mass is 564 g/mol. The molecule has 4 aromatic rings. The zero-order chi connectivity index (χ0) is 27.7. The third-order valence-corrected chi connectivity index (χ3v) is 7.60. The predicted octanol–water partition coefficient (Wildman–Crippen LogP) is 8.84. The van der Waals surface area contributed by atoms with Gasteiger partial charge < -0.3 is 0 Å². The number of likely N-dealkylation sites (tertiary alicyclic amines) is 1. The lowest BCUT2D eigenvalue weighted by molar-refractivity contribution is -0.384. The average molecular weight is 565 g/mol. The highest BCUT2D eigenvalue weighted by Crippen LogP contribution is 2.42. The Morgan fingerprint density at radius 3 is 1.87 bits per heavy atom. The molecule has 0 amide bonds. The molecule has 0 spiro atoms. The van der Waals surface area contributed by atoms with Gasteiger partial charge in [0.2, 0.25) is 0 Å². The second-order valence-corrected chi connectivity index (χ2v) is 10.5. The zero-order valence-corrected chi connectivity index (χ0v) is 22.5. The summed E-state index contributed by atoms with van der Waals surface area (Å²) in [5.74, 6) is -1.69. The Bertz CT molecular complexity index is 1480. The van der Waals surface area contributed by atoms with Gasteiger partial charge in [0, 0.05) is 47.3 Å². The summed E-state index contributed by atoms with van der Waals surface area (Å²) < 4.78 is 28.7. The summed E-state index contributed by atoms with van der Waals surface area (Å²) in [6.07, 6.45) is 0. The van der Waals surface area contributed by atoms with E-state index in [9.17, 15) is 18.9 Å². The number of hydrogen-bond acceptors (Lipinski definition) is 3. The van der Waals surface area contributed by atoms with Crippen LogP contribution >= 0.6 is 23.2 Å². The average Bonchev–Trinajstić information content (AvgIpc) is 2.88. The molecule has 1 aliphatic heterocycles. The smallest absolute Gasteiger partial charge is 0.269 e. The largest absolute Gasteiger partial charge is 0.284 e. The molecule has 0 N–H and O–H groups in total. The summed E-state index contributed by atoms with van der Waals surface area (Å²) in [4.78, 5) is 13.2. The van der Waals surface area contributed by atoms with E-state index in [2.05, 4.69) is 4.90 Å². The summed E-state index contributed by atoms with van der Waals surface area (Å²) in [5, 5.41) is 12.7. The van der Waals surface area contributed by atoms with Crippen LogP contribution in [0.15, 0.2) is 96.6 Å². The van der Waals surface area contributed by atoms with Crippen LogP contribution in [-0.4, -0.2) is 22.9 Å². The van der Waals surface area contributed by atoms with Gasteiger partial charge >= 0.3 is 0 Å². The van der Waals surface area contributed by atoms with E-state index in [0.29, 0.717) is 34.3 Å². The van der Waals surface area contributed by atoms with Crippen LogP contribution in [0.2, 0.25) is 10.0 Å². The molecule has 39 heavy (non-hydrogen) atoms. The zero-order valence-electron chi connectivity index (χ0n) is 21.0. The molecule has 198 valence electrons. The Morgan fingerprint density at radius 1 is 0.821 bits per heavy atom. The number of nitro benzene ring substituents is 1. The van der Waals surface area contributed by atoms with Crippen LogP contribution in [0.3, 0.4) is 0 Å². The first-order valence-corrected chi connectivity index (χ1v) is 13.1. The first-order valence-electron chi connectivity index (χ1n) is 12.4. The minimum absolute atomic E-state index is 0.0325. The molecule has 0 aliphatic carbocycles. The van der Waals surface area contributed by atoms with Gasteiger partial charge in [-0.05, 0) is 69.8 Å². The molecule has 1 unspecified atom stereocenters. The molecule has 1 fully saturated rings. The first-order chi connectivity index (χ1) is 18.7. The Labute approximate surface area is 235 Å². The fourth-order valence-corrected chi connectivity index (χ4v) is 5.50. The SMILES string of the molecule is CC(C(=C1CN(C(c2ccc(Cl)cc2)c2ccc(Cl)cc2)C1)c1cc(F)cc(F)c1)c1cccc([N+](=O)[O-])c1. The molecule has 4 aromatic carbocycles.